The van der Waals surface area contributed by atoms with Crippen LogP contribution in [0.4, 0.5) is 11.4 Å². The molecule has 1 aromatic heterocycles. The number of amides is 1. The number of hydrogen-bond acceptors (Lipinski definition) is 7. The summed E-state index contributed by atoms with van der Waals surface area (Å²) in [7, 11) is -3.81. The molecular weight excluding hydrogens is 440 g/mol. The van der Waals surface area contributed by atoms with Crippen molar-refractivity contribution in [1.29, 1.82) is 0 Å². The number of hydrogen-bond donors (Lipinski definition) is 2. The van der Waals surface area contributed by atoms with Gasteiger partial charge in [-0.2, -0.15) is 5.10 Å². The molecule has 9 nitrogen and oxygen atoms in total. The predicted molar refractivity (Wildman–Crippen MR) is 120 cm³/mol. The SMILES string of the molecule is O=C(N/N=C/C=C\c1ccccc1[N+](=O)[O-])c1ccccc1NS(=O)(=O)c1cccs1. The second-order valence-corrected chi connectivity index (χ2v) is 8.83. The largest absolute Gasteiger partial charge is 0.278 e. The Kier molecular flexibility index (Phi) is 6.90. The summed E-state index contributed by atoms with van der Waals surface area (Å²) in [6, 6.07) is 15.4. The number of hydrazone groups is 1. The molecule has 3 aromatic rings. The van der Waals surface area contributed by atoms with E-state index in [0.29, 0.717) is 5.56 Å². The van der Waals surface area contributed by atoms with Crippen molar-refractivity contribution in [3.8, 4) is 0 Å². The molecule has 2 aromatic carbocycles. The summed E-state index contributed by atoms with van der Waals surface area (Å²) < 4.78 is 27.4. The normalized spacial score (nSPS) is 11.6. The fourth-order valence-corrected chi connectivity index (χ4v) is 4.59. The summed E-state index contributed by atoms with van der Waals surface area (Å²) in [4.78, 5) is 22.9. The fourth-order valence-electron chi connectivity index (χ4n) is 2.52. The topological polar surface area (TPSA) is 131 Å². The fraction of sp³-hybridized carbons (Fsp3) is 0. The number of nitrogens with zero attached hydrogens (tertiary/aromatic N) is 2. The van der Waals surface area contributed by atoms with Gasteiger partial charge in [-0.25, -0.2) is 13.8 Å². The summed E-state index contributed by atoms with van der Waals surface area (Å²) in [5.41, 5.74) is 2.83. The number of sulfonamides is 1. The van der Waals surface area contributed by atoms with Gasteiger partial charge in [0, 0.05) is 12.3 Å². The number of anilines is 1. The number of carbonyl (C=O) groups excluding carboxylic acids is 1. The first-order valence-electron chi connectivity index (χ1n) is 8.77. The Labute approximate surface area is 181 Å². The number of nitro groups is 1. The zero-order valence-electron chi connectivity index (χ0n) is 15.8. The Morgan fingerprint density at radius 2 is 1.81 bits per heavy atom. The molecule has 0 saturated carbocycles. The minimum Gasteiger partial charge on any atom is -0.278 e. The Morgan fingerprint density at radius 3 is 2.55 bits per heavy atom. The van der Waals surface area contributed by atoms with Crippen molar-refractivity contribution in [2.75, 3.05) is 4.72 Å². The van der Waals surface area contributed by atoms with Crippen LogP contribution in [-0.2, 0) is 10.0 Å². The lowest BCUT2D eigenvalue weighted by Gasteiger charge is -2.10. The first kappa shape index (κ1) is 21.9. The number of para-hydroxylation sites is 2. The Morgan fingerprint density at radius 1 is 1.06 bits per heavy atom. The van der Waals surface area contributed by atoms with Crippen molar-refractivity contribution >= 4 is 50.9 Å². The highest BCUT2D eigenvalue weighted by molar-refractivity contribution is 7.94. The van der Waals surface area contributed by atoms with Crippen LogP contribution in [0.15, 0.2) is 81.4 Å². The van der Waals surface area contributed by atoms with Gasteiger partial charge in [-0.1, -0.05) is 30.3 Å². The van der Waals surface area contributed by atoms with Crippen LogP contribution in [0, 0.1) is 10.1 Å². The number of thiophene rings is 1. The van der Waals surface area contributed by atoms with Crippen LogP contribution >= 0.6 is 11.3 Å². The van der Waals surface area contributed by atoms with E-state index in [4.69, 9.17) is 0 Å². The van der Waals surface area contributed by atoms with E-state index < -0.39 is 20.9 Å². The molecule has 31 heavy (non-hydrogen) atoms. The van der Waals surface area contributed by atoms with Crippen molar-refractivity contribution in [3.63, 3.8) is 0 Å². The molecule has 0 spiro atoms. The molecule has 1 heterocycles. The zero-order valence-corrected chi connectivity index (χ0v) is 17.5. The van der Waals surface area contributed by atoms with Crippen LogP contribution in [0.3, 0.4) is 0 Å². The maximum Gasteiger partial charge on any atom is 0.276 e. The number of carbonyl (C=O) groups is 1. The first-order valence-corrected chi connectivity index (χ1v) is 11.1. The second-order valence-electron chi connectivity index (χ2n) is 5.98. The Balaban J connectivity index is 1.69. The molecule has 0 unspecified atom stereocenters. The van der Waals surface area contributed by atoms with Crippen LogP contribution in [0.2, 0.25) is 0 Å². The molecule has 0 bridgehead atoms. The second kappa shape index (κ2) is 9.78. The third-order valence-corrected chi connectivity index (χ3v) is 6.67. The van der Waals surface area contributed by atoms with Gasteiger partial charge in [-0.05, 0) is 41.8 Å². The van der Waals surface area contributed by atoms with Crippen LogP contribution in [0.25, 0.3) is 6.08 Å². The standard InChI is InChI=1S/C20H16N4O5S2/c25-20(22-21-13-5-8-15-7-1-4-11-18(15)24(26)27)16-9-2-3-10-17(16)23-31(28,29)19-12-6-14-30-19/h1-14,23H,(H,22,25)/b8-5-,21-13+. The molecule has 0 aliphatic carbocycles. The van der Waals surface area contributed by atoms with Gasteiger partial charge in [0.2, 0.25) is 0 Å². The van der Waals surface area contributed by atoms with E-state index in [1.165, 1.54) is 42.6 Å². The van der Waals surface area contributed by atoms with E-state index >= 15 is 0 Å². The van der Waals surface area contributed by atoms with Crippen molar-refractivity contribution < 1.29 is 18.1 Å². The van der Waals surface area contributed by atoms with E-state index in [1.54, 1.807) is 41.8 Å². The highest BCUT2D eigenvalue weighted by atomic mass is 32.2. The summed E-state index contributed by atoms with van der Waals surface area (Å²) in [6.07, 6.45) is 4.18. The molecule has 2 N–H and O–H groups in total. The predicted octanol–water partition coefficient (Wildman–Crippen LogP) is 3.89. The van der Waals surface area contributed by atoms with Gasteiger partial charge < -0.3 is 0 Å². The lowest BCUT2D eigenvalue weighted by atomic mass is 10.1. The minimum absolute atomic E-state index is 0.0527. The minimum atomic E-state index is -3.81. The Bertz CT molecular complexity index is 1250. The first-order chi connectivity index (χ1) is 14.9. The average molecular weight is 457 g/mol. The van der Waals surface area contributed by atoms with E-state index in [-0.39, 0.29) is 21.1 Å². The number of nitrogens with one attached hydrogen (secondary N) is 2. The number of allylic oxidation sites excluding steroid dienone is 1. The van der Waals surface area contributed by atoms with Crippen LogP contribution in [0.1, 0.15) is 15.9 Å². The Hall–Kier alpha value is -3.83. The molecule has 3 rings (SSSR count). The maximum atomic E-state index is 12.4. The maximum absolute atomic E-state index is 12.4. The molecule has 0 saturated heterocycles. The van der Waals surface area contributed by atoms with Crippen LogP contribution in [-0.4, -0.2) is 25.5 Å². The number of rotatable bonds is 8. The average Bonchev–Trinajstić information content (AvgIpc) is 3.30. The molecule has 0 radical (unpaired) electrons. The van der Waals surface area contributed by atoms with Gasteiger partial charge in [0.1, 0.15) is 4.21 Å². The third-order valence-electron chi connectivity index (χ3n) is 3.91. The molecule has 0 atom stereocenters. The van der Waals surface area contributed by atoms with Gasteiger partial charge >= 0.3 is 0 Å². The molecule has 0 aliphatic heterocycles. The van der Waals surface area contributed by atoms with Gasteiger partial charge in [-0.15, -0.1) is 11.3 Å². The van der Waals surface area contributed by atoms with Gasteiger partial charge in [0.15, 0.2) is 0 Å². The van der Waals surface area contributed by atoms with Crippen molar-refractivity contribution in [2.24, 2.45) is 5.10 Å². The molecule has 0 aliphatic rings. The quantitative estimate of drug-likeness (QED) is 0.302. The van der Waals surface area contributed by atoms with Crippen molar-refractivity contribution in [1.82, 2.24) is 5.43 Å². The van der Waals surface area contributed by atoms with E-state index in [2.05, 4.69) is 15.2 Å². The number of nitro benzene ring substituents is 1. The molecule has 158 valence electrons. The van der Waals surface area contributed by atoms with Crippen LogP contribution in [0.5, 0.6) is 0 Å². The third kappa shape index (κ3) is 5.62. The highest BCUT2D eigenvalue weighted by Crippen LogP contribution is 2.23. The van der Waals surface area contributed by atoms with Gasteiger partial charge in [-0.3, -0.25) is 19.6 Å². The van der Waals surface area contributed by atoms with Crippen molar-refractivity contribution in [3.05, 3.63) is 93.4 Å². The summed E-state index contributed by atoms with van der Waals surface area (Å²) in [5.74, 6) is -0.625. The lowest BCUT2D eigenvalue weighted by molar-refractivity contribution is -0.385. The summed E-state index contributed by atoms with van der Waals surface area (Å²) in [6.45, 7) is 0. The molecule has 1 amide bonds. The zero-order chi connectivity index (χ0) is 22.3. The van der Waals surface area contributed by atoms with Crippen LogP contribution < -0.4 is 10.1 Å². The van der Waals surface area contributed by atoms with E-state index in [0.717, 1.165) is 11.3 Å². The molecular formula is C20H16N4O5S2. The van der Waals surface area contributed by atoms with Gasteiger partial charge in [0.05, 0.1) is 21.7 Å². The molecule has 0 fully saturated rings. The lowest BCUT2D eigenvalue weighted by Crippen LogP contribution is -2.21. The smallest absolute Gasteiger partial charge is 0.276 e. The van der Waals surface area contributed by atoms with Gasteiger partial charge in [0.25, 0.3) is 21.6 Å². The highest BCUT2D eigenvalue weighted by Gasteiger charge is 2.19. The number of benzene rings is 2. The summed E-state index contributed by atoms with van der Waals surface area (Å²) >= 11 is 1.06. The monoisotopic (exact) mass is 456 g/mol. The molecule has 11 heteroatoms. The summed E-state index contributed by atoms with van der Waals surface area (Å²) in [5, 5.41) is 16.4. The van der Waals surface area contributed by atoms with E-state index in [9.17, 15) is 23.3 Å². The van der Waals surface area contributed by atoms with E-state index in [1.807, 2.05) is 0 Å². The van der Waals surface area contributed by atoms with Crippen molar-refractivity contribution in [2.45, 2.75) is 4.21 Å².